The van der Waals surface area contributed by atoms with Crippen molar-refractivity contribution in [2.75, 3.05) is 14.2 Å². The molecular formula is C16H17N3O5. The van der Waals surface area contributed by atoms with Crippen LogP contribution in [0.2, 0.25) is 0 Å². The highest BCUT2D eigenvalue weighted by molar-refractivity contribution is 6.07. The lowest BCUT2D eigenvalue weighted by atomic mass is 10.1. The van der Waals surface area contributed by atoms with Gasteiger partial charge >= 0.3 is 5.69 Å². The van der Waals surface area contributed by atoms with Crippen molar-refractivity contribution in [2.24, 2.45) is 7.05 Å². The molecule has 1 aromatic heterocycles. The number of allylic oxidation sites excluding steroid dienone is 1. The van der Waals surface area contributed by atoms with Gasteiger partial charge < -0.3 is 9.47 Å². The topological polar surface area (TPSA) is 96.5 Å². The zero-order valence-electron chi connectivity index (χ0n) is 13.6. The molecule has 2 aromatic rings. The normalized spacial score (nSPS) is 11.0. The van der Waals surface area contributed by atoms with E-state index in [-0.39, 0.29) is 11.4 Å². The highest BCUT2D eigenvalue weighted by atomic mass is 16.6. The van der Waals surface area contributed by atoms with Gasteiger partial charge in [-0.3, -0.25) is 19.6 Å². The fourth-order valence-corrected chi connectivity index (χ4v) is 2.21. The summed E-state index contributed by atoms with van der Waals surface area (Å²) in [4.78, 5) is 22.5. The molecule has 8 heteroatoms. The molecule has 0 spiro atoms. The molecule has 0 radical (unpaired) electrons. The van der Waals surface area contributed by atoms with E-state index in [1.54, 1.807) is 32.4 Å². The Balaban J connectivity index is 2.26. The molecule has 0 aliphatic rings. The lowest BCUT2D eigenvalue weighted by Crippen LogP contribution is -2.01. The van der Waals surface area contributed by atoms with Crippen molar-refractivity contribution in [1.82, 2.24) is 9.78 Å². The largest absolute Gasteiger partial charge is 0.496 e. The second kappa shape index (κ2) is 7.51. The molecule has 0 fully saturated rings. The summed E-state index contributed by atoms with van der Waals surface area (Å²) in [5.74, 6) is 0.145. The van der Waals surface area contributed by atoms with Crippen LogP contribution in [0.1, 0.15) is 21.6 Å². The molecule has 0 saturated carbocycles. The number of methoxy groups -OCH3 is 2. The van der Waals surface area contributed by atoms with Gasteiger partial charge in [-0.05, 0) is 23.8 Å². The third-order valence-electron chi connectivity index (χ3n) is 3.27. The Kier molecular flexibility index (Phi) is 5.43. The van der Waals surface area contributed by atoms with E-state index in [2.05, 4.69) is 5.10 Å². The average Bonchev–Trinajstić information content (AvgIpc) is 2.95. The van der Waals surface area contributed by atoms with Gasteiger partial charge in [-0.1, -0.05) is 12.1 Å². The summed E-state index contributed by atoms with van der Waals surface area (Å²) in [6.45, 7) is 0.366. The molecular weight excluding hydrogens is 314 g/mol. The quantitative estimate of drug-likeness (QED) is 0.334. The number of ether oxygens (including phenoxy) is 2. The monoisotopic (exact) mass is 331 g/mol. The Bertz CT molecular complexity index is 795. The van der Waals surface area contributed by atoms with E-state index < -0.39 is 10.7 Å². The van der Waals surface area contributed by atoms with Gasteiger partial charge in [0.1, 0.15) is 11.9 Å². The van der Waals surface area contributed by atoms with Crippen LogP contribution in [-0.4, -0.2) is 34.7 Å². The molecule has 0 aliphatic heterocycles. The van der Waals surface area contributed by atoms with Crippen LogP contribution in [-0.2, 0) is 18.4 Å². The van der Waals surface area contributed by atoms with E-state index in [0.29, 0.717) is 12.4 Å². The van der Waals surface area contributed by atoms with Crippen molar-refractivity contribution < 1.29 is 19.2 Å². The number of aryl methyl sites for hydroxylation is 1. The molecule has 0 saturated heterocycles. The third-order valence-corrected chi connectivity index (χ3v) is 3.27. The summed E-state index contributed by atoms with van der Waals surface area (Å²) in [5, 5.41) is 14.8. The Hall–Kier alpha value is -3.00. The van der Waals surface area contributed by atoms with Gasteiger partial charge in [0.05, 0.1) is 18.6 Å². The number of aromatic nitrogens is 2. The molecule has 0 unspecified atom stereocenters. The van der Waals surface area contributed by atoms with Crippen molar-refractivity contribution in [3.63, 3.8) is 0 Å². The Morgan fingerprint density at radius 2 is 2.17 bits per heavy atom. The van der Waals surface area contributed by atoms with Gasteiger partial charge in [-0.2, -0.15) is 5.10 Å². The maximum atomic E-state index is 12.2. The maximum Gasteiger partial charge on any atom is 0.318 e. The molecule has 1 heterocycles. The van der Waals surface area contributed by atoms with Crippen LogP contribution < -0.4 is 4.74 Å². The molecule has 8 nitrogen and oxygen atoms in total. The molecule has 0 amide bonds. The first-order valence-electron chi connectivity index (χ1n) is 7.02. The van der Waals surface area contributed by atoms with Crippen molar-refractivity contribution >= 4 is 17.5 Å². The van der Waals surface area contributed by atoms with E-state index in [0.717, 1.165) is 11.1 Å². The number of nitro groups is 1. The smallest absolute Gasteiger partial charge is 0.318 e. The predicted molar refractivity (Wildman–Crippen MR) is 86.9 cm³/mol. The SMILES string of the molecule is COCc1cc(/C=C/C(=O)c2nn(C)cc2[N+](=O)[O-])ccc1OC. The van der Waals surface area contributed by atoms with Crippen LogP contribution in [0.15, 0.2) is 30.5 Å². The second-order valence-corrected chi connectivity index (χ2v) is 5.00. The summed E-state index contributed by atoms with van der Waals surface area (Å²) in [6, 6.07) is 5.36. The summed E-state index contributed by atoms with van der Waals surface area (Å²) in [7, 11) is 4.66. The van der Waals surface area contributed by atoms with E-state index >= 15 is 0 Å². The standard InChI is InChI=1S/C16H17N3O5/c1-18-9-13(19(21)22)16(17-18)14(20)6-4-11-5-7-15(24-3)12(8-11)10-23-2/h4-9H,10H2,1-3H3/b6-4+. The molecule has 1 aromatic carbocycles. The number of ketones is 1. The zero-order valence-corrected chi connectivity index (χ0v) is 13.6. The van der Waals surface area contributed by atoms with Crippen LogP contribution in [0.5, 0.6) is 5.75 Å². The third kappa shape index (κ3) is 3.85. The number of hydrogen-bond donors (Lipinski definition) is 0. The summed E-state index contributed by atoms with van der Waals surface area (Å²) in [5.41, 5.74) is 1.07. The number of benzene rings is 1. The van der Waals surface area contributed by atoms with Crippen LogP contribution in [0.4, 0.5) is 5.69 Å². The van der Waals surface area contributed by atoms with Crippen LogP contribution in [0, 0.1) is 10.1 Å². The van der Waals surface area contributed by atoms with Gasteiger partial charge in [0.2, 0.25) is 11.5 Å². The fourth-order valence-electron chi connectivity index (χ4n) is 2.21. The van der Waals surface area contributed by atoms with Crippen molar-refractivity contribution in [2.45, 2.75) is 6.61 Å². The minimum Gasteiger partial charge on any atom is -0.496 e. The molecule has 0 N–H and O–H groups in total. The fraction of sp³-hybridized carbons (Fsp3) is 0.250. The number of nitrogens with zero attached hydrogens (tertiary/aromatic N) is 3. The predicted octanol–water partition coefficient (Wildman–Crippen LogP) is 2.38. The lowest BCUT2D eigenvalue weighted by molar-refractivity contribution is -0.385. The molecule has 0 atom stereocenters. The molecule has 0 aliphatic carbocycles. The highest BCUT2D eigenvalue weighted by Gasteiger charge is 2.22. The molecule has 0 bridgehead atoms. The number of hydrogen-bond acceptors (Lipinski definition) is 6. The molecule has 24 heavy (non-hydrogen) atoms. The van der Waals surface area contributed by atoms with Gasteiger partial charge in [-0.15, -0.1) is 0 Å². The number of carbonyl (C=O) groups excluding carboxylic acids is 1. The Morgan fingerprint density at radius 1 is 1.42 bits per heavy atom. The first-order chi connectivity index (χ1) is 11.5. The van der Waals surface area contributed by atoms with Crippen LogP contribution >= 0.6 is 0 Å². The highest BCUT2D eigenvalue weighted by Crippen LogP contribution is 2.22. The second-order valence-electron chi connectivity index (χ2n) is 5.00. The summed E-state index contributed by atoms with van der Waals surface area (Å²) >= 11 is 0. The van der Waals surface area contributed by atoms with Gasteiger partial charge in [-0.25, -0.2) is 0 Å². The first kappa shape index (κ1) is 17.4. The summed E-state index contributed by atoms with van der Waals surface area (Å²) < 4.78 is 11.6. The zero-order chi connectivity index (χ0) is 17.7. The van der Waals surface area contributed by atoms with Crippen LogP contribution in [0.3, 0.4) is 0 Å². The number of rotatable bonds is 7. The van der Waals surface area contributed by atoms with Gasteiger partial charge in [0.15, 0.2) is 0 Å². The summed E-state index contributed by atoms with van der Waals surface area (Å²) in [6.07, 6.45) is 4.03. The number of carbonyl (C=O) groups is 1. The minimum absolute atomic E-state index is 0.190. The maximum absolute atomic E-state index is 12.2. The lowest BCUT2D eigenvalue weighted by Gasteiger charge is -2.08. The van der Waals surface area contributed by atoms with Crippen molar-refractivity contribution in [3.8, 4) is 5.75 Å². The van der Waals surface area contributed by atoms with Gasteiger partial charge in [0.25, 0.3) is 0 Å². The molecule has 2 rings (SSSR count). The minimum atomic E-state index is -0.627. The van der Waals surface area contributed by atoms with Crippen LogP contribution in [0.25, 0.3) is 6.08 Å². The average molecular weight is 331 g/mol. The van der Waals surface area contributed by atoms with E-state index in [1.807, 2.05) is 6.07 Å². The molecule has 126 valence electrons. The van der Waals surface area contributed by atoms with Crippen molar-refractivity contribution in [3.05, 3.63) is 57.4 Å². The first-order valence-corrected chi connectivity index (χ1v) is 7.02. The van der Waals surface area contributed by atoms with Gasteiger partial charge in [0, 0.05) is 19.7 Å². The van der Waals surface area contributed by atoms with E-state index in [4.69, 9.17) is 9.47 Å². The Labute approximate surface area is 138 Å². The van der Waals surface area contributed by atoms with E-state index in [9.17, 15) is 14.9 Å². The van der Waals surface area contributed by atoms with E-state index in [1.165, 1.54) is 24.0 Å². The van der Waals surface area contributed by atoms with Crippen molar-refractivity contribution in [1.29, 1.82) is 0 Å². The Morgan fingerprint density at radius 3 is 2.79 bits per heavy atom.